The minimum absolute atomic E-state index is 0.0617. The predicted molar refractivity (Wildman–Crippen MR) is 78.6 cm³/mol. The van der Waals surface area contributed by atoms with Gasteiger partial charge in [-0.1, -0.05) is 18.2 Å². The minimum atomic E-state index is -0.938. The highest BCUT2D eigenvalue weighted by molar-refractivity contribution is 7.13. The molecule has 1 N–H and O–H groups in total. The number of aromatic nitrogens is 1. The largest absolute Gasteiger partial charge is 0.477 e. The maximum absolute atomic E-state index is 12.3. The predicted octanol–water partition coefficient (Wildman–Crippen LogP) is 2.81. The second kappa shape index (κ2) is 4.94. The van der Waals surface area contributed by atoms with Crippen molar-refractivity contribution in [2.24, 2.45) is 0 Å². The van der Waals surface area contributed by atoms with Gasteiger partial charge >= 0.3 is 5.97 Å². The summed E-state index contributed by atoms with van der Waals surface area (Å²) in [7, 11) is 0. The van der Waals surface area contributed by atoms with Crippen molar-refractivity contribution in [3.05, 3.63) is 68.8 Å². The van der Waals surface area contributed by atoms with Gasteiger partial charge in [0.2, 0.25) is 0 Å². The van der Waals surface area contributed by atoms with Gasteiger partial charge in [-0.2, -0.15) is 0 Å². The van der Waals surface area contributed by atoms with E-state index in [-0.39, 0.29) is 10.4 Å². The van der Waals surface area contributed by atoms with Gasteiger partial charge in [0, 0.05) is 16.5 Å². The van der Waals surface area contributed by atoms with Crippen LogP contribution >= 0.6 is 11.3 Å². The van der Waals surface area contributed by atoms with Crippen LogP contribution in [-0.2, 0) is 6.54 Å². The fraction of sp³-hybridized carbons (Fsp3) is 0.0667. The molecule has 0 bridgehead atoms. The molecule has 2 aromatic heterocycles. The number of hydrogen-bond donors (Lipinski definition) is 1. The van der Waals surface area contributed by atoms with Crippen LogP contribution in [-0.4, -0.2) is 15.6 Å². The third kappa shape index (κ3) is 2.23. The molecular weight excluding hydrogens is 274 g/mol. The van der Waals surface area contributed by atoms with Crippen LogP contribution in [0.3, 0.4) is 0 Å². The molecule has 100 valence electrons. The van der Waals surface area contributed by atoms with Crippen molar-refractivity contribution in [3.8, 4) is 0 Å². The number of aromatic carboxylic acids is 1. The Balaban J connectivity index is 2.00. The molecule has 0 aliphatic carbocycles. The second-order valence-electron chi connectivity index (χ2n) is 4.41. The zero-order valence-corrected chi connectivity index (χ0v) is 11.3. The van der Waals surface area contributed by atoms with Crippen LogP contribution in [0.15, 0.2) is 53.5 Å². The van der Waals surface area contributed by atoms with Crippen molar-refractivity contribution < 1.29 is 9.90 Å². The first kappa shape index (κ1) is 12.6. The molecule has 0 spiro atoms. The number of hydrogen-bond acceptors (Lipinski definition) is 3. The second-order valence-corrected chi connectivity index (χ2v) is 5.58. The van der Waals surface area contributed by atoms with Crippen LogP contribution in [0.2, 0.25) is 0 Å². The van der Waals surface area contributed by atoms with Gasteiger partial charge in [-0.05, 0) is 29.7 Å². The Hall–Kier alpha value is -2.40. The number of nitrogens with zero attached hydrogens (tertiary/aromatic N) is 1. The Morgan fingerprint density at radius 2 is 1.95 bits per heavy atom. The molecular formula is C15H11NO3S. The number of thiophene rings is 1. The summed E-state index contributed by atoms with van der Waals surface area (Å²) in [5, 5.41) is 10.5. The molecule has 0 amide bonds. The Morgan fingerprint density at radius 1 is 1.15 bits per heavy atom. The lowest BCUT2D eigenvalue weighted by molar-refractivity contribution is 0.0702. The van der Waals surface area contributed by atoms with Gasteiger partial charge in [0.25, 0.3) is 5.56 Å². The van der Waals surface area contributed by atoms with Gasteiger partial charge in [0.1, 0.15) is 4.88 Å². The van der Waals surface area contributed by atoms with Crippen molar-refractivity contribution in [1.29, 1.82) is 0 Å². The number of carboxylic acid groups (broad SMARTS) is 1. The highest BCUT2D eigenvalue weighted by Gasteiger charge is 2.08. The molecule has 0 aliphatic heterocycles. The number of benzene rings is 1. The van der Waals surface area contributed by atoms with E-state index in [2.05, 4.69) is 0 Å². The summed E-state index contributed by atoms with van der Waals surface area (Å²) in [5.41, 5.74) is -0.0617. The molecule has 1 aromatic carbocycles. The van der Waals surface area contributed by atoms with Crippen molar-refractivity contribution in [1.82, 2.24) is 4.57 Å². The third-order valence-electron chi connectivity index (χ3n) is 3.08. The minimum Gasteiger partial charge on any atom is -0.477 e. The van der Waals surface area contributed by atoms with Crippen LogP contribution in [0.25, 0.3) is 10.8 Å². The van der Waals surface area contributed by atoms with Crippen LogP contribution in [0, 0.1) is 0 Å². The lowest BCUT2D eigenvalue weighted by atomic mass is 10.2. The average Bonchev–Trinajstić information content (AvgIpc) is 2.91. The van der Waals surface area contributed by atoms with Gasteiger partial charge < -0.3 is 9.67 Å². The number of fused-ring (bicyclic) bond motifs is 1. The maximum atomic E-state index is 12.3. The lowest BCUT2D eigenvalue weighted by Crippen LogP contribution is -2.19. The first-order valence-electron chi connectivity index (χ1n) is 6.05. The summed E-state index contributed by atoms with van der Waals surface area (Å²) in [6.45, 7) is 0.390. The van der Waals surface area contributed by atoms with Gasteiger partial charge in [0.15, 0.2) is 0 Å². The van der Waals surface area contributed by atoms with Crippen LogP contribution in [0.5, 0.6) is 0 Å². The van der Waals surface area contributed by atoms with E-state index in [0.717, 1.165) is 10.3 Å². The summed E-state index contributed by atoms with van der Waals surface area (Å²) >= 11 is 1.19. The van der Waals surface area contributed by atoms with Gasteiger partial charge in [-0.3, -0.25) is 4.79 Å². The lowest BCUT2D eigenvalue weighted by Gasteiger charge is -2.05. The Labute approximate surface area is 118 Å². The summed E-state index contributed by atoms with van der Waals surface area (Å²) < 4.78 is 1.60. The standard InChI is InChI=1S/C15H11NO3S/c17-14-12-4-2-1-3-10(12)7-8-16(14)9-11-5-6-13(20-11)15(18)19/h1-8H,9H2,(H,18,19). The molecule has 20 heavy (non-hydrogen) atoms. The molecule has 0 saturated heterocycles. The highest BCUT2D eigenvalue weighted by Crippen LogP contribution is 2.17. The van der Waals surface area contributed by atoms with E-state index in [9.17, 15) is 9.59 Å². The number of carbonyl (C=O) groups is 1. The van der Waals surface area contributed by atoms with E-state index in [0.29, 0.717) is 11.9 Å². The first-order valence-corrected chi connectivity index (χ1v) is 6.87. The van der Waals surface area contributed by atoms with E-state index in [4.69, 9.17) is 5.11 Å². The average molecular weight is 285 g/mol. The quantitative estimate of drug-likeness (QED) is 0.805. The van der Waals surface area contributed by atoms with Crippen LogP contribution in [0.4, 0.5) is 0 Å². The van der Waals surface area contributed by atoms with E-state index < -0.39 is 5.97 Å². The molecule has 0 atom stereocenters. The molecule has 0 unspecified atom stereocenters. The molecule has 4 nitrogen and oxygen atoms in total. The summed E-state index contributed by atoms with van der Waals surface area (Å²) in [5.74, 6) is -0.938. The molecule has 5 heteroatoms. The zero-order valence-electron chi connectivity index (χ0n) is 10.4. The molecule has 3 aromatic rings. The monoisotopic (exact) mass is 285 g/mol. The SMILES string of the molecule is O=C(O)c1ccc(Cn2ccc3ccccc3c2=O)s1. The Morgan fingerprint density at radius 3 is 2.70 bits per heavy atom. The van der Waals surface area contributed by atoms with Crippen molar-refractivity contribution in [2.45, 2.75) is 6.54 Å². The molecule has 3 rings (SSSR count). The first-order chi connectivity index (χ1) is 9.65. The molecule has 0 fully saturated rings. The third-order valence-corrected chi connectivity index (χ3v) is 4.14. The fourth-order valence-corrected chi connectivity index (χ4v) is 2.95. The number of pyridine rings is 1. The van der Waals surface area contributed by atoms with Gasteiger partial charge in [0.05, 0.1) is 6.54 Å². The van der Waals surface area contributed by atoms with Crippen LogP contribution in [0.1, 0.15) is 14.5 Å². The smallest absolute Gasteiger partial charge is 0.345 e. The van der Waals surface area contributed by atoms with Crippen molar-refractivity contribution in [2.75, 3.05) is 0 Å². The topological polar surface area (TPSA) is 59.3 Å². The normalized spacial score (nSPS) is 10.8. The summed E-state index contributed by atoms with van der Waals surface area (Å²) in [4.78, 5) is 24.3. The molecule has 0 saturated carbocycles. The van der Waals surface area contributed by atoms with E-state index in [1.54, 1.807) is 29.0 Å². The van der Waals surface area contributed by atoms with E-state index >= 15 is 0 Å². The Bertz CT molecular complexity index is 847. The number of carboxylic acids is 1. The van der Waals surface area contributed by atoms with Crippen LogP contribution < -0.4 is 5.56 Å². The van der Waals surface area contributed by atoms with Gasteiger partial charge in [-0.15, -0.1) is 11.3 Å². The highest BCUT2D eigenvalue weighted by atomic mass is 32.1. The number of rotatable bonds is 3. The van der Waals surface area contributed by atoms with E-state index in [1.165, 1.54) is 11.3 Å². The summed E-state index contributed by atoms with van der Waals surface area (Å²) in [6.07, 6.45) is 1.74. The fourth-order valence-electron chi connectivity index (χ4n) is 2.10. The van der Waals surface area contributed by atoms with Crippen molar-refractivity contribution in [3.63, 3.8) is 0 Å². The molecule has 0 aliphatic rings. The maximum Gasteiger partial charge on any atom is 0.345 e. The molecule has 0 radical (unpaired) electrons. The van der Waals surface area contributed by atoms with Crippen molar-refractivity contribution >= 4 is 28.1 Å². The van der Waals surface area contributed by atoms with E-state index in [1.807, 2.05) is 24.3 Å². The zero-order chi connectivity index (χ0) is 14.1. The van der Waals surface area contributed by atoms with Gasteiger partial charge in [-0.25, -0.2) is 4.79 Å². The Kier molecular flexibility index (Phi) is 3.12. The molecule has 2 heterocycles. The summed E-state index contributed by atoms with van der Waals surface area (Å²) in [6, 6.07) is 12.6.